The maximum Gasteiger partial charge on any atom is 0.416 e. The summed E-state index contributed by atoms with van der Waals surface area (Å²) in [6.07, 6.45) is 0.303. The van der Waals surface area contributed by atoms with Crippen LogP contribution in [0.4, 0.5) is 13.2 Å². The van der Waals surface area contributed by atoms with Crippen LogP contribution in [0, 0.1) is 0 Å². The van der Waals surface area contributed by atoms with Crippen molar-refractivity contribution >= 4 is 5.96 Å². The van der Waals surface area contributed by atoms with Crippen LogP contribution in [0.15, 0.2) is 29.3 Å². The van der Waals surface area contributed by atoms with Crippen molar-refractivity contribution in [2.45, 2.75) is 56.2 Å². The average Bonchev–Trinajstić information content (AvgIpc) is 2.71. The topological polar surface area (TPSA) is 48.9 Å². The molecule has 5 nitrogen and oxygen atoms in total. The maximum absolute atomic E-state index is 13.2. The molecule has 1 saturated carbocycles. The van der Waals surface area contributed by atoms with Gasteiger partial charge < -0.3 is 20.3 Å². The molecular weight excluding hydrogens is 405 g/mol. The third-order valence-corrected chi connectivity index (χ3v) is 6.96. The number of nitrogens with zero attached hydrogens (tertiary/aromatic N) is 2. The number of alkyl halides is 3. The molecule has 31 heavy (non-hydrogen) atoms. The van der Waals surface area contributed by atoms with Crippen molar-refractivity contribution in [1.82, 2.24) is 15.5 Å². The minimum Gasteiger partial charge on any atom is -0.381 e. The van der Waals surface area contributed by atoms with Crippen LogP contribution in [0.2, 0.25) is 0 Å². The molecule has 2 aliphatic rings. The Bertz CT molecular complexity index is 753. The Morgan fingerprint density at radius 2 is 1.84 bits per heavy atom. The molecule has 1 heterocycles. The van der Waals surface area contributed by atoms with E-state index in [2.05, 4.69) is 29.6 Å². The van der Waals surface area contributed by atoms with Crippen molar-refractivity contribution in [2.24, 2.45) is 4.99 Å². The zero-order valence-corrected chi connectivity index (χ0v) is 18.8. The fourth-order valence-corrected chi connectivity index (χ4v) is 4.52. The van der Waals surface area contributed by atoms with Crippen LogP contribution in [-0.4, -0.2) is 63.3 Å². The lowest BCUT2D eigenvalue weighted by Crippen LogP contribution is -2.52. The van der Waals surface area contributed by atoms with E-state index in [1.54, 1.807) is 0 Å². The summed E-state index contributed by atoms with van der Waals surface area (Å²) in [5.74, 6) is 0.716. The van der Waals surface area contributed by atoms with Crippen molar-refractivity contribution < 1.29 is 17.9 Å². The molecule has 0 radical (unpaired) electrons. The number of halogens is 3. The lowest BCUT2D eigenvalue weighted by Gasteiger charge is -2.43. The molecule has 0 atom stereocenters. The standard InChI is InChI=1S/C23H35F3N4O/c1-4-27-20(29-17-22(30(2)3)11-13-31-14-12-22)28-16-21(9-6-10-21)18-7-5-8-19(15-18)23(24,25)26/h5,7-8,15H,4,6,9-14,16-17H2,1-3H3,(H2,27,28,29). The SMILES string of the molecule is CCNC(=NCC1(N(C)C)CCOCC1)NCC1(c2cccc(C(F)(F)F)c2)CCC1. The second-order valence-electron chi connectivity index (χ2n) is 8.99. The van der Waals surface area contributed by atoms with Crippen LogP contribution < -0.4 is 10.6 Å². The molecule has 1 aromatic rings. The predicted octanol–water partition coefficient (Wildman–Crippen LogP) is 3.79. The summed E-state index contributed by atoms with van der Waals surface area (Å²) in [7, 11) is 4.16. The van der Waals surface area contributed by atoms with E-state index in [1.807, 2.05) is 13.0 Å². The van der Waals surface area contributed by atoms with E-state index in [4.69, 9.17) is 9.73 Å². The highest BCUT2D eigenvalue weighted by Gasteiger charge is 2.41. The van der Waals surface area contributed by atoms with Gasteiger partial charge in [-0.15, -0.1) is 0 Å². The van der Waals surface area contributed by atoms with Crippen molar-refractivity contribution in [1.29, 1.82) is 0 Å². The van der Waals surface area contributed by atoms with Crippen molar-refractivity contribution in [3.8, 4) is 0 Å². The highest BCUT2D eigenvalue weighted by molar-refractivity contribution is 5.80. The van der Waals surface area contributed by atoms with Gasteiger partial charge in [-0.2, -0.15) is 13.2 Å². The summed E-state index contributed by atoms with van der Waals surface area (Å²) in [4.78, 5) is 7.09. The number of rotatable bonds is 7. The monoisotopic (exact) mass is 440 g/mol. The molecule has 2 fully saturated rings. The summed E-state index contributed by atoms with van der Waals surface area (Å²) < 4.78 is 45.2. The third kappa shape index (κ3) is 5.52. The Kier molecular flexibility index (Phi) is 7.52. The van der Waals surface area contributed by atoms with Gasteiger partial charge in [-0.1, -0.05) is 24.6 Å². The first kappa shape index (κ1) is 23.9. The second-order valence-corrected chi connectivity index (χ2v) is 8.99. The highest BCUT2D eigenvalue weighted by atomic mass is 19.4. The van der Waals surface area contributed by atoms with E-state index in [9.17, 15) is 13.2 Å². The van der Waals surface area contributed by atoms with E-state index in [1.165, 1.54) is 12.1 Å². The summed E-state index contributed by atoms with van der Waals surface area (Å²) in [6, 6.07) is 5.80. The lowest BCUT2D eigenvalue weighted by atomic mass is 9.64. The van der Waals surface area contributed by atoms with Gasteiger partial charge in [-0.05, 0) is 58.3 Å². The van der Waals surface area contributed by atoms with Crippen LogP contribution in [0.5, 0.6) is 0 Å². The minimum atomic E-state index is -4.32. The molecule has 0 unspecified atom stereocenters. The first-order valence-electron chi connectivity index (χ1n) is 11.2. The quantitative estimate of drug-likeness (QED) is 0.500. The van der Waals surface area contributed by atoms with Gasteiger partial charge in [0.25, 0.3) is 0 Å². The van der Waals surface area contributed by atoms with Crippen LogP contribution in [-0.2, 0) is 16.3 Å². The van der Waals surface area contributed by atoms with Crippen molar-refractivity contribution in [3.63, 3.8) is 0 Å². The first-order valence-corrected chi connectivity index (χ1v) is 11.2. The van der Waals surface area contributed by atoms with E-state index < -0.39 is 11.7 Å². The van der Waals surface area contributed by atoms with Gasteiger partial charge in [-0.3, -0.25) is 4.99 Å². The number of guanidine groups is 1. The Morgan fingerprint density at radius 3 is 2.39 bits per heavy atom. The number of benzene rings is 1. The molecule has 0 spiro atoms. The lowest BCUT2D eigenvalue weighted by molar-refractivity contribution is -0.137. The summed E-state index contributed by atoms with van der Waals surface area (Å²) in [5, 5.41) is 6.72. The van der Waals surface area contributed by atoms with Crippen LogP contribution in [0.3, 0.4) is 0 Å². The number of nitrogens with one attached hydrogen (secondary N) is 2. The number of ether oxygens (including phenoxy) is 1. The zero-order valence-electron chi connectivity index (χ0n) is 18.8. The van der Waals surface area contributed by atoms with Gasteiger partial charge in [-0.25, -0.2) is 0 Å². The molecule has 1 saturated heterocycles. The smallest absolute Gasteiger partial charge is 0.381 e. The number of hydrogen-bond donors (Lipinski definition) is 2. The molecule has 8 heteroatoms. The molecular formula is C23H35F3N4O. The number of aliphatic imine (C=N–C) groups is 1. The van der Waals surface area contributed by atoms with E-state index in [0.717, 1.165) is 63.5 Å². The molecule has 0 amide bonds. The molecule has 174 valence electrons. The normalized spacial score (nSPS) is 20.9. The number of hydrogen-bond acceptors (Lipinski definition) is 3. The highest BCUT2D eigenvalue weighted by Crippen LogP contribution is 2.44. The average molecular weight is 441 g/mol. The predicted molar refractivity (Wildman–Crippen MR) is 117 cm³/mol. The Labute approximate surface area is 183 Å². The fourth-order valence-electron chi connectivity index (χ4n) is 4.52. The molecule has 1 aliphatic heterocycles. The van der Waals surface area contributed by atoms with Gasteiger partial charge >= 0.3 is 6.18 Å². The molecule has 1 aromatic carbocycles. The van der Waals surface area contributed by atoms with Gasteiger partial charge in [0.15, 0.2) is 5.96 Å². The molecule has 2 N–H and O–H groups in total. The Hall–Kier alpha value is -1.80. The third-order valence-electron chi connectivity index (χ3n) is 6.96. The van der Waals surface area contributed by atoms with Gasteiger partial charge in [0.2, 0.25) is 0 Å². The van der Waals surface area contributed by atoms with Gasteiger partial charge in [0, 0.05) is 37.3 Å². The van der Waals surface area contributed by atoms with E-state index in [-0.39, 0.29) is 11.0 Å². The van der Waals surface area contributed by atoms with E-state index in [0.29, 0.717) is 19.0 Å². The minimum absolute atomic E-state index is 0.0319. The molecule has 3 rings (SSSR count). The van der Waals surface area contributed by atoms with Gasteiger partial charge in [0.05, 0.1) is 12.1 Å². The molecule has 0 bridgehead atoms. The van der Waals surface area contributed by atoms with Crippen molar-refractivity contribution in [2.75, 3.05) is 46.9 Å². The second kappa shape index (κ2) is 9.77. The summed E-state index contributed by atoms with van der Waals surface area (Å²) in [6.45, 7) is 5.42. The van der Waals surface area contributed by atoms with E-state index >= 15 is 0 Å². The summed E-state index contributed by atoms with van der Waals surface area (Å²) >= 11 is 0. The van der Waals surface area contributed by atoms with Crippen LogP contribution in [0.1, 0.15) is 50.2 Å². The molecule has 0 aromatic heterocycles. The van der Waals surface area contributed by atoms with Crippen LogP contribution in [0.25, 0.3) is 0 Å². The maximum atomic E-state index is 13.2. The summed E-state index contributed by atoms with van der Waals surface area (Å²) in [5.41, 5.74) is -0.138. The largest absolute Gasteiger partial charge is 0.416 e. The Balaban J connectivity index is 1.73. The number of likely N-dealkylation sites (N-methyl/N-ethyl adjacent to an activating group) is 1. The fraction of sp³-hybridized carbons (Fsp3) is 0.696. The Morgan fingerprint density at radius 1 is 1.13 bits per heavy atom. The van der Waals surface area contributed by atoms with Gasteiger partial charge in [0.1, 0.15) is 0 Å². The van der Waals surface area contributed by atoms with Crippen LogP contribution >= 0.6 is 0 Å². The zero-order chi connectivity index (χ0) is 22.5. The molecule has 1 aliphatic carbocycles. The first-order chi connectivity index (χ1) is 14.7. The van der Waals surface area contributed by atoms with Crippen molar-refractivity contribution in [3.05, 3.63) is 35.4 Å².